The molecule has 0 saturated carbocycles. The molecule has 0 saturated heterocycles. The Morgan fingerprint density at radius 2 is 1.83 bits per heavy atom. The number of H-pyrrole nitrogens is 1. The second-order valence-corrected chi connectivity index (χ2v) is 5.03. The minimum absolute atomic E-state index is 0.193. The summed E-state index contributed by atoms with van der Waals surface area (Å²) in [5.74, 6) is -1.19. The minimum Gasteiger partial charge on any atom is -0.478 e. The molecule has 0 aliphatic heterocycles. The number of fused-ring (bicyclic) bond motifs is 1. The molecule has 3 rings (SSSR count). The highest BCUT2D eigenvalue weighted by molar-refractivity contribution is 6.06. The fourth-order valence-electron chi connectivity index (χ4n) is 2.24. The van der Waals surface area contributed by atoms with Gasteiger partial charge in [0.2, 0.25) is 0 Å². The smallest absolute Gasteiger partial charge is 0.328 e. The number of carboxylic acid groups (broad SMARTS) is 1. The Kier molecular flexibility index (Phi) is 3.93. The van der Waals surface area contributed by atoms with Gasteiger partial charge in [0.05, 0.1) is 0 Å². The highest BCUT2D eigenvalue weighted by Crippen LogP contribution is 2.16. The van der Waals surface area contributed by atoms with Crippen molar-refractivity contribution in [1.82, 2.24) is 4.98 Å². The summed E-state index contributed by atoms with van der Waals surface area (Å²) in [7, 11) is 0. The van der Waals surface area contributed by atoms with Crippen molar-refractivity contribution in [1.29, 1.82) is 0 Å². The van der Waals surface area contributed by atoms with Crippen LogP contribution in [0.3, 0.4) is 0 Å². The third-order valence-corrected chi connectivity index (χ3v) is 3.40. The first-order chi connectivity index (χ1) is 11.1. The van der Waals surface area contributed by atoms with Gasteiger partial charge in [0.25, 0.3) is 5.91 Å². The molecule has 0 fully saturated rings. The number of hydrogen-bond acceptors (Lipinski definition) is 2. The first-order valence-corrected chi connectivity index (χ1v) is 7.01. The molecular formula is C18H14N2O3. The van der Waals surface area contributed by atoms with Crippen molar-refractivity contribution in [2.24, 2.45) is 0 Å². The van der Waals surface area contributed by atoms with E-state index < -0.39 is 5.97 Å². The Balaban J connectivity index is 1.73. The van der Waals surface area contributed by atoms with Gasteiger partial charge in [-0.2, -0.15) is 0 Å². The lowest BCUT2D eigenvalue weighted by Crippen LogP contribution is -2.11. The van der Waals surface area contributed by atoms with E-state index in [-0.39, 0.29) is 5.91 Å². The second-order valence-electron chi connectivity index (χ2n) is 5.03. The minimum atomic E-state index is -0.998. The van der Waals surface area contributed by atoms with Crippen LogP contribution in [0.1, 0.15) is 15.9 Å². The predicted octanol–water partition coefficient (Wildman–Crippen LogP) is 3.52. The molecule has 5 nitrogen and oxygen atoms in total. The molecule has 1 heterocycles. The maximum Gasteiger partial charge on any atom is 0.328 e. The number of carbonyl (C=O) groups is 2. The Morgan fingerprint density at radius 1 is 1.04 bits per heavy atom. The molecule has 1 aromatic heterocycles. The number of hydrogen-bond donors (Lipinski definition) is 3. The quantitative estimate of drug-likeness (QED) is 0.645. The van der Waals surface area contributed by atoms with Gasteiger partial charge < -0.3 is 15.4 Å². The van der Waals surface area contributed by atoms with E-state index in [1.165, 1.54) is 6.08 Å². The van der Waals surface area contributed by atoms with Gasteiger partial charge >= 0.3 is 5.97 Å². The first-order valence-electron chi connectivity index (χ1n) is 7.01. The van der Waals surface area contributed by atoms with Crippen LogP contribution in [0.25, 0.3) is 17.0 Å². The SMILES string of the molecule is O=C(O)C=Cc1ccc(NC(=O)c2ccc3[nH]ccc3c2)cc1. The van der Waals surface area contributed by atoms with E-state index >= 15 is 0 Å². The van der Waals surface area contributed by atoms with Gasteiger partial charge in [-0.3, -0.25) is 4.79 Å². The van der Waals surface area contributed by atoms with Crippen molar-refractivity contribution >= 4 is 34.5 Å². The zero-order valence-corrected chi connectivity index (χ0v) is 12.1. The molecule has 0 aliphatic carbocycles. The van der Waals surface area contributed by atoms with E-state index in [1.807, 2.05) is 24.4 Å². The van der Waals surface area contributed by atoms with E-state index in [9.17, 15) is 9.59 Å². The van der Waals surface area contributed by atoms with Gasteiger partial charge in [-0.15, -0.1) is 0 Å². The van der Waals surface area contributed by atoms with Crippen LogP contribution in [-0.2, 0) is 4.79 Å². The molecule has 23 heavy (non-hydrogen) atoms. The average Bonchev–Trinajstić information content (AvgIpc) is 3.01. The third kappa shape index (κ3) is 3.47. The molecule has 0 unspecified atom stereocenters. The van der Waals surface area contributed by atoms with Crippen LogP contribution in [0, 0.1) is 0 Å². The maximum absolute atomic E-state index is 12.3. The number of nitrogens with one attached hydrogen (secondary N) is 2. The van der Waals surface area contributed by atoms with Crippen molar-refractivity contribution in [2.45, 2.75) is 0 Å². The number of aliphatic carboxylic acids is 1. The summed E-state index contributed by atoms with van der Waals surface area (Å²) < 4.78 is 0. The van der Waals surface area contributed by atoms with Gasteiger partial charge in [0.15, 0.2) is 0 Å². The molecule has 114 valence electrons. The average molecular weight is 306 g/mol. The molecule has 3 aromatic rings. The fraction of sp³-hybridized carbons (Fsp3) is 0. The van der Waals surface area contributed by atoms with Crippen molar-refractivity contribution in [3.63, 3.8) is 0 Å². The summed E-state index contributed by atoms with van der Waals surface area (Å²) in [6.07, 6.45) is 4.39. The monoisotopic (exact) mass is 306 g/mol. The summed E-state index contributed by atoms with van der Waals surface area (Å²) >= 11 is 0. The summed E-state index contributed by atoms with van der Waals surface area (Å²) in [6.45, 7) is 0. The summed E-state index contributed by atoms with van der Waals surface area (Å²) in [6, 6.07) is 14.3. The molecule has 0 aliphatic rings. The number of rotatable bonds is 4. The van der Waals surface area contributed by atoms with Gasteiger partial charge in [-0.1, -0.05) is 12.1 Å². The van der Waals surface area contributed by atoms with Crippen LogP contribution < -0.4 is 5.32 Å². The number of benzene rings is 2. The number of carbonyl (C=O) groups excluding carboxylic acids is 1. The highest BCUT2D eigenvalue weighted by Gasteiger charge is 2.07. The van der Waals surface area contributed by atoms with Crippen LogP contribution in [-0.4, -0.2) is 22.0 Å². The first kappa shape index (κ1) is 14.6. The lowest BCUT2D eigenvalue weighted by Gasteiger charge is -2.06. The highest BCUT2D eigenvalue weighted by atomic mass is 16.4. The molecule has 0 atom stereocenters. The number of amides is 1. The number of carboxylic acids is 1. The third-order valence-electron chi connectivity index (χ3n) is 3.40. The van der Waals surface area contributed by atoms with Crippen molar-refractivity contribution < 1.29 is 14.7 Å². The van der Waals surface area contributed by atoms with E-state index in [4.69, 9.17) is 5.11 Å². The van der Waals surface area contributed by atoms with Crippen LogP contribution >= 0.6 is 0 Å². The Labute approximate surface area is 132 Å². The van der Waals surface area contributed by atoms with Crippen LogP contribution in [0.5, 0.6) is 0 Å². The molecule has 0 spiro atoms. The zero-order chi connectivity index (χ0) is 16.2. The largest absolute Gasteiger partial charge is 0.478 e. The van der Waals surface area contributed by atoms with Crippen LogP contribution in [0.2, 0.25) is 0 Å². The van der Waals surface area contributed by atoms with Gasteiger partial charge in [-0.05, 0) is 48.0 Å². The van der Waals surface area contributed by atoms with Gasteiger partial charge in [0.1, 0.15) is 0 Å². The molecule has 3 N–H and O–H groups in total. The molecular weight excluding hydrogens is 292 g/mol. The lowest BCUT2D eigenvalue weighted by atomic mass is 10.1. The van der Waals surface area contributed by atoms with Crippen molar-refractivity contribution in [2.75, 3.05) is 5.32 Å². The predicted molar refractivity (Wildman–Crippen MR) is 89.4 cm³/mol. The molecule has 1 amide bonds. The zero-order valence-electron chi connectivity index (χ0n) is 12.1. The Morgan fingerprint density at radius 3 is 2.57 bits per heavy atom. The Hall–Kier alpha value is -3.34. The summed E-state index contributed by atoms with van der Waals surface area (Å²) in [5, 5.41) is 12.4. The Bertz CT molecular complexity index is 892. The van der Waals surface area contributed by atoms with Crippen LogP contribution in [0.4, 0.5) is 5.69 Å². The number of anilines is 1. The van der Waals surface area contributed by atoms with E-state index in [1.54, 1.807) is 30.3 Å². The molecule has 0 bridgehead atoms. The summed E-state index contributed by atoms with van der Waals surface area (Å²) in [4.78, 5) is 25.8. The van der Waals surface area contributed by atoms with Gasteiger partial charge in [0, 0.05) is 34.4 Å². The van der Waals surface area contributed by atoms with E-state index in [2.05, 4.69) is 10.3 Å². The maximum atomic E-state index is 12.3. The van der Waals surface area contributed by atoms with E-state index in [0.717, 1.165) is 22.5 Å². The molecule has 5 heteroatoms. The molecule has 0 radical (unpaired) electrons. The number of aromatic amines is 1. The number of aromatic nitrogens is 1. The topological polar surface area (TPSA) is 82.2 Å². The normalized spacial score (nSPS) is 11.0. The van der Waals surface area contributed by atoms with Crippen molar-refractivity contribution in [3.8, 4) is 0 Å². The fourth-order valence-corrected chi connectivity index (χ4v) is 2.24. The van der Waals surface area contributed by atoms with Gasteiger partial charge in [-0.25, -0.2) is 4.79 Å². The van der Waals surface area contributed by atoms with Crippen molar-refractivity contribution in [3.05, 3.63) is 71.9 Å². The summed E-state index contributed by atoms with van der Waals surface area (Å²) in [5.41, 5.74) is 2.96. The van der Waals surface area contributed by atoms with Crippen LogP contribution in [0.15, 0.2) is 60.8 Å². The lowest BCUT2D eigenvalue weighted by molar-refractivity contribution is -0.131. The standard InChI is InChI=1S/C18H14N2O3/c21-17(22)8-3-12-1-5-15(6-2-12)20-18(23)14-4-7-16-13(11-14)9-10-19-16/h1-11,19H,(H,20,23)(H,21,22). The second kappa shape index (κ2) is 6.19. The molecule has 2 aromatic carbocycles. The van der Waals surface area contributed by atoms with E-state index in [0.29, 0.717) is 11.3 Å².